The molecule has 90 valence electrons. The lowest BCUT2D eigenvalue weighted by Crippen LogP contribution is -2.42. The molecule has 1 heterocycles. The smallest absolute Gasteiger partial charge is 0.164 e. The van der Waals surface area contributed by atoms with Crippen molar-refractivity contribution >= 4 is 0 Å². The van der Waals surface area contributed by atoms with Crippen molar-refractivity contribution in [3.05, 3.63) is 12.2 Å². The van der Waals surface area contributed by atoms with Crippen LogP contribution in [0, 0.1) is 11.8 Å². The number of rotatable bonds is 3. The molecule has 16 heavy (non-hydrogen) atoms. The fraction of sp³-hybridized carbons (Fsp3) is 0.833. The number of aryl methyl sites for hydroxylation is 1. The van der Waals surface area contributed by atoms with E-state index in [9.17, 15) is 0 Å². The van der Waals surface area contributed by atoms with Crippen LogP contribution in [-0.2, 0) is 13.6 Å². The zero-order chi connectivity index (χ0) is 11.5. The summed E-state index contributed by atoms with van der Waals surface area (Å²) in [7, 11) is 1.91. The molecule has 1 aliphatic rings. The molecule has 4 heteroatoms. The fourth-order valence-corrected chi connectivity index (χ4v) is 2.76. The first kappa shape index (κ1) is 11.6. The fourth-order valence-electron chi connectivity index (χ4n) is 2.76. The van der Waals surface area contributed by atoms with Crippen LogP contribution in [0.4, 0.5) is 0 Å². The van der Waals surface area contributed by atoms with Crippen molar-refractivity contribution in [3.63, 3.8) is 0 Å². The molecule has 1 N–H and O–H groups in total. The predicted octanol–water partition coefficient (Wildman–Crippen LogP) is 1.73. The quantitative estimate of drug-likeness (QED) is 0.847. The van der Waals surface area contributed by atoms with E-state index in [0.29, 0.717) is 6.04 Å². The van der Waals surface area contributed by atoms with Gasteiger partial charge in [0.15, 0.2) is 5.82 Å². The molecule has 1 aromatic heterocycles. The van der Waals surface area contributed by atoms with Gasteiger partial charge < -0.3 is 5.32 Å². The highest BCUT2D eigenvalue weighted by molar-refractivity contribution is 4.87. The van der Waals surface area contributed by atoms with Crippen LogP contribution in [0.1, 0.15) is 38.9 Å². The van der Waals surface area contributed by atoms with Gasteiger partial charge in [0.05, 0.1) is 6.54 Å². The molecule has 0 aromatic carbocycles. The first-order chi connectivity index (χ1) is 7.66. The molecule has 1 aliphatic carbocycles. The summed E-state index contributed by atoms with van der Waals surface area (Å²) in [6, 6.07) is 0.623. The van der Waals surface area contributed by atoms with Crippen molar-refractivity contribution in [2.45, 2.75) is 45.7 Å². The highest BCUT2D eigenvalue weighted by Gasteiger charge is 2.27. The van der Waals surface area contributed by atoms with Crippen LogP contribution < -0.4 is 5.32 Å². The second kappa shape index (κ2) is 4.95. The minimum atomic E-state index is 0.623. The average Bonchev–Trinajstić information content (AvgIpc) is 2.63. The summed E-state index contributed by atoms with van der Waals surface area (Å²) in [4.78, 5) is 4.24. The van der Waals surface area contributed by atoms with Crippen LogP contribution in [0.15, 0.2) is 6.33 Å². The third kappa shape index (κ3) is 2.61. The Hall–Kier alpha value is -0.900. The Morgan fingerprint density at radius 1 is 1.38 bits per heavy atom. The number of nitrogens with zero attached hydrogens (tertiary/aromatic N) is 3. The van der Waals surface area contributed by atoms with Gasteiger partial charge in [0, 0.05) is 13.1 Å². The molecule has 2 unspecified atom stereocenters. The lowest BCUT2D eigenvalue weighted by Gasteiger charge is -2.35. The molecule has 0 aliphatic heterocycles. The predicted molar refractivity (Wildman–Crippen MR) is 63.8 cm³/mol. The Labute approximate surface area is 97.5 Å². The van der Waals surface area contributed by atoms with Crippen LogP contribution in [0.3, 0.4) is 0 Å². The van der Waals surface area contributed by atoms with E-state index in [-0.39, 0.29) is 0 Å². The normalized spacial score (nSPS) is 30.6. The maximum Gasteiger partial charge on any atom is 0.164 e. The molecule has 2 rings (SSSR count). The second-order valence-electron chi connectivity index (χ2n) is 5.13. The topological polar surface area (TPSA) is 42.7 Å². The zero-order valence-corrected chi connectivity index (χ0v) is 10.5. The van der Waals surface area contributed by atoms with Gasteiger partial charge in [-0.05, 0) is 24.7 Å². The van der Waals surface area contributed by atoms with Gasteiger partial charge in [-0.25, -0.2) is 4.98 Å². The Balaban J connectivity index is 1.88. The van der Waals surface area contributed by atoms with Crippen LogP contribution in [0.25, 0.3) is 0 Å². The SMILES string of the molecule is CC1CCCC(C)C1NCc1ncn(C)n1. The summed E-state index contributed by atoms with van der Waals surface area (Å²) in [5.41, 5.74) is 0. The highest BCUT2D eigenvalue weighted by atomic mass is 15.3. The Bertz CT molecular complexity index is 324. The van der Waals surface area contributed by atoms with Gasteiger partial charge in [0.2, 0.25) is 0 Å². The van der Waals surface area contributed by atoms with Gasteiger partial charge in [-0.1, -0.05) is 20.3 Å². The van der Waals surface area contributed by atoms with Gasteiger partial charge in [-0.2, -0.15) is 5.10 Å². The van der Waals surface area contributed by atoms with E-state index in [2.05, 4.69) is 29.2 Å². The summed E-state index contributed by atoms with van der Waals surface area (Å²) in [6.45, 7) is 5.48. The second-order valence-corrected chi connectivity index (χ2v) is 5.13. The van der Waals surface area contributed by atoms with E-state index >= 15 is 0 Å². The number of hydrogen-bond donors (Lipinski definition) is 1. The summed E-state index contributed by atoms with van der Waals surface area (Å²) in [5.74, 6) is 2.44. The molecule has 0 radical (unpaired) electrons. The standard InChI is InChI=1S/C12H22N4/c1-9-5-4-6-10(2)12(9)13-7-11-14-8-16(3)15-11/h8-10,12-13H,4-7H2,1-3H3. The summed E-state index contributed by atoms with van der Waals surface area (Å²) >= 11 is 0. The van der Waals surface area contributed by atoms with Gasteiger partial charge in [0.25, 0.3) is 0 Å². The van der Waals surface area contributed by atoms with Crippen LogP contribution >= 0.6 is 0 Å². The molecule has 2 atom stereocenters. The van der Waals surface area contributed by atoms with E-state index in [1.165, 1.54) is 19.3 Å². The van der Waals surface area contributed by atoms with Gasteiger partial charge in [0.1, 0.15) is 6.33 Å². The van der Waals surface area contributed by atoms with Crippen molar-refractivity contribution in [2.75, 3.05) is 0 Å². The average molecular weight is 222 g/mol. The molecule has 0 spiro atoms. The van der Waals surface area contributed by atoms with Crippen LogP contribution in [0.5, 0.6) is 0 Å². The largest absolute Gasteiger partial charge is 0.306 e. The molecular weight excluding hydrogens is 200 g/mol. The summed E-state index contributed by atoms with van der Waals surface area (Å²) in [5, 5.41) is 7.90. The van der Waals surface area contributed by atoms with Crippen LogP contribution in [-0.4, -0.2) is 20.8 Å². The summed E-state index contributed by atoms with van der Waals surface area (Å²) in [6.07, 6.45) is 5.82. The molecule has 0 bridgehead atoms. The molecule has 0 amide bonds. The van der Waals surface area contributed by atoms with E-state index < -0.39 is 0 Å². The Morgan fingerprint density at radius 2 is 2.06 bits per heavy atom. The molecule has 1 saturated carbocycles. The van der Waals surface area contributed by atoms with Crippen molar-refractivity contribution in [3.8, 4) is 0 Å². The lowest BCUT2D eigenvalue weighted by molar-refractivity contribution is 0.206. The number of aromatic nitrogens is 3. The minimum absolute atomic E-state index is 0.623. The number of hydrogen-bond acceptors (Lipinski definition) is 3. The van der Waals surface area contributed by atoms with Crippen molar-refractivity contribution in [1.82, 2.24) is 20.1 Å². The zero-order valence-electron chi connectivity index (χ0n) is 10.5. The molecule has 1 fully saturated rings. The van der Waals surface area contributed by atoms with E-state index in [4.69, 9.17) is 0 Å². The van der Waals surface area contributed by atoms with Crippen molar-refractivity contribution in [1.29, 1.82) is 0 Å². The first-order valence-electron chi connectivity index (χ1n) is 6.24. The van der Waals surface area contributed by atoms with Crippen LogP contribution in [0.2, 0.25) is 0 Å². The van der Waals surface area contributed by atoms with Crippen molar-refractivity contribution in [2.24, 2.45) is 18.9 Å². The maximum absolute atomic E-state index is 4.29. The molecule has 0 saturated heterocycles. The monoisotopic (exact) mass is 222 g/mol. The minimum Gasteiger partial charge on any atom is -0.306 e. The van der Waals surface area contributed by atoms with Crippen molar-refractivity contribution < 1.29 is 0 Å². The number of nitrogens with one attached hydrogen (secondary N) is 1. The molecule has 4 nitrogen and oxygen atoms in total. The Kier molecular flexibility index (Phi) is 3.59. The van der Waals surface area contributed by atoms with Gasteiger partial charge in [-0.3, -0.25) is 4.68 Å². The highest BCUT2D eigenvalue weighted by Crippen LogP contribution is 2.28. The van der Waals surface area contributed by atoms with E-state index in [1.807, 2.05) is 7.05 Å². The molecule has 1 aromatic rings. The first-order valence-corrected chi connectivity index (χ1v) is 6.24. The van der Waals surface area contributed by atoms with E-state index in [0.717, 1.165) is 24.2 Å². The van der Waals surface area contributed by atoms with Gasteiger partial charge >= 0.3 is 0 Å². The summed E-state index contributed by atoms with van der Waals surface area (Å²) < 4.78 is 1.75. The maximum atomic E-state index is 4.29. The van der Waals surface area contributed by atoms with E-state index in [1.54, 1.807) is 11.0 Å². The third-order valence-electron chi connectivity index (χ3n) is 3.69. The lowest BCUT2D eigenvalue weighted by atomic mass is 9.79. The molecular formula is C12H22N4. The third-order valence-corrected chi connectivity index (χ3v) is 3.69. The Morgan fingerprint density at radius 3 is 2.62 bits per heavy atom. The van der Waals surface area contributed by atoms with Gasteiger partial charge in [-0.15, -0.1) is 0 Å².